The molecule has 0 saturated heterocycles. The zero-order valence-corrected chi connectivity index (χ0v) is 26.3. The van der Waals surface area contributed by atoms with Crippen LogP contribution >= 0.6 is 23.2 Å². The van der Waals surface area contributed by atoms with Gasteiger partial charge in [-0.3, -0.25) is 4.79 Å². The fourth-order valence-corrected chi connectivity index (χ4v) is 5.27. The number of benzene rings is 3. The van der Waals surface area contributed by atoms with Crippen molar-refractivity contribution in [3.05, 3.63) is 81.8 Å². The molecule has 3 rings (SSSR count). The highest BCUT2D eigenvalue weighted by Crippen LogP contribution is 2.23. The lowest BCUT2D eigenvalue weighted by atomic mass is 10.0. The third-order valence-corrected chi connectivity index (χ3v) is 8.05. The first-order valence-corrected chi connectivity index (χ1v) is 15.9. The summed E-state index contributed by atoms with van der Waals surface area (Å²) in [6.45, 7) is -0.352. The number of aryl methyl sites for hydroxylation is 2. The van der Waals surface area contributed by atoms with Crippen molar-refractivity contribution in [2.24, 2.45) is 0 Å². The molecule has 8 nitrogen and oxygen atoms in total. The Hall–Kier alpha value is -3.17. The van der Waals surface area contributed by atoms with Crippen LogP contribution in [0.3, 0.4) is 0 Å². The Balaban J connectivity index is 1.38. The summed E-state index contributed by atoms with van der Waals surface area (Å²) in [4.78, 5) is 35.8. The average molecular weight is 647 g/mol. The summed E-state index contributed by atoms with van der Waals surface area (Å²) < 4.78 is 10.7. The number of fused-ring (bicyclic) bond motifs is 1. The van der Waals surface area contributed by atoms with Gasteiger partial charge in [-0.2, -0.15) is 0 Å². The van der Waals surface area contributed by atoms with Gasteiger partial charge in [0.25, 0.3) is 5.91 Å². The molecule has 0 aliphatic carbocycles. The van der Waals surface area contributed by atoms with E-state index in [1.165, 1.54) is 16.3 Å². The maximum Gasteiger partial charge on any atom is 0.336 e. The van der Waals surface area contributed by atoms with Crippen molar-refractivity contribution in [1.82, 2.24) is 5.32 Å². The molecule has 0 spiro atoms. The Morgan fingerprint density at radius 3 is 2.02 bits per heavy atom. The molecule has 0 bridgehead atoms. The predicted octanol–water partition coefficient (Wildman–Crippen LogP) is 7.11. The number of carbonyl (C=O) groups is 3. The second kappa shape index (κ2) is 19.3. The minimum Gasteiger partial charge on any atom is -0.480 e. The summed E-state index contributed by atoms with van der Waals surface area (Å²) in [6, 6.07) is 20.3. The van der Waals surface area contributed by atoms with Crippen LogP contribution in [-0.4, -0.2) is 60.0 Å². The average Bonchev–Trinajstić information content (AvgIpc) is 3.00. The predicted molar refractivity (Wildman–Crippen MR) is 173 cm³/mol. The quantitative estimate of drug-likeness (QED) is 0.106. The van der Waals surface area contributed by atoms with E-state index >= 15 is 0 Å². The van der Waals surface area contributed by atoms with Crippen LogP contribution < -0.4 is 5.32 Å². The van der Waals surface area contributed by atoms with E-state index in [-0.39, 0.29) is 6.61 Å². The highest BCUT2D eigenvalue weighted by molar-refractivity contribution is 6.42. The fraction of sp³-hybridized carbons (Fsp3) is 0.441. The molecule has 10 heteroatoms. The van der Waals surface area contributed by atoms with Crippen LogP contribution in [0.1, 0.15) is 62.5 Å². The Bertz CT molecular complexity index is 1370. The molecule has 0 aliphatic rings. The van der Waals surface area contributed by atoms with Gasteiger partial charge in [-0.25, -0.2) is 9.59 Å². The van der Waals surface area contributed by atoms with E-state index in [4.69, 9.17) is 37.8 Å². The number of carbonyl (C=O) groups excluding carboxylic acids is 1. The Morgan fingerprint density at radius 1 is 0.682 bits per heavy atom. The first-order chi connectivity index (χ1) is 21.2. The number of amides is 1. The largest absolute Gasteiger partial charge is 0.480 e. The van der Waals surface area contributed by atoms with E-state index in [1.54, 1.807) is 6.07 Å². The van der Waals surface area contributed by atoms with Crippen molar-refractivity contribution < 1.29 is 34.1 Å². The number of carboxylic acids is 2. The van der Waals surface area contributed by atoms with Gasteiger partial charge >= 0.3 is 11.9 Å². The van der Waals surface area contributed by atoms with Crippen LogP contribution in [0.15, 0.2) is 60.7 Å². The van der Waals surface area contributed by atoms with E-state index < -0.39 is 36.7 Å². The standard InChI is InChI=1S/C34H41Cl2NO7/c35-28-18-16-25(22-29(28)36)12-5-2-1-3-10-20-43-31(32(34(41)42)44-23-30(38)39)33(40)37-19-9-4-6-11-24-15-17-26-13-7-8-14-27(26)21-24/h7-8,13-18,21-22,31-32H,1-6,9-12,19-20,23H2,(H,37,40)(H,38,39)(H,41,42). The van der Waals surface area contributed by atoms with Gasteiger partial charge in [-0.05, 0) is 72.6 Å². The van der Waals surface area contributed by atoms with Crippen LogP contribution in [0, 0.1) is 0 Å². The normalized spacial score (nSPS) is 12.6. The van der Waals surface area contributed by atoms with Crippen LogP contribution in [0.4, 0.5) is 0 Å². The first-order valence-electron chi connectivity index (χ1n) is 15.1. The van der Waals surface area contributed by atoms with Crippen molar-refractivity contribution in [1.29, 1.82) is 0 Å². The minimum atomic E-state index is -1.73. The maximum atomic E-state index is 13.0. The number of hydrogen-bond donors (Lipinski definition) is 3. The summed E-state index contributed by atoms with van der Waals surface area (Å²) in [6.07, 6.45) is 5.52. The zero-order valence-electron chi connectivity index (χ0n) is 24.8. The molecule has 3 aromatic carbocycles. The number of hydrogen-bond acceptors (Lipinski definition) is 5. The lowest BCUT2D eigenvalue weighted by Crippen LogP contribution is -2.49. The maximum absolute atomic E-state index is 13.0. The molecule has 0 aromatic heterocycles. The Morgan fingerprint density at radius 2 is 1.32 bits per heavy atom. The van der Waals surface area contributed by atoms with E-state index in [9.17, 15) is 19.5 Å². The van der Waals surface area contributed by atoms with Crippen molar-refractivity contribution >= 4 is 51.8 Å². The van der Waals surface area contributed by atoms with Crippen molar-refractivity contribution in [3.8, 4) is 0 Å². The molecule has 2 atom stereocenters. The van der Waals surface area contributed by atoms with E-state index in [0.717, 1.165) is 56.9 Å². The highest BCUT2D eigenvalue weighted by Gasteiger charge is 2.36. The van der Waals surface area contributed by atoms with Gasteiger partial charge in [-0.15, -0.1) is 0 Å². The minimum absolute atomic E-state index is 0.150. The molecule has 1 amide bonds. The molecule has 0 heterocycles. The van der Waals surface area contributed by atoms with Gasteiger partial charge in [0.1, 0.15) is 6.61 Å². The third-order valence-electron chi connectivity index (χ3n) is 7.31. The van der Waals surface area contributed by atoms with E-state index in [0.29, 0.717) is 29.4 Å². The number of unbranched alkanes of at least 4 members (excludes halogenated alkanes) is 6. The second-order valence-electron chi connectivity index (χ2n) is 10.8. The number of rotatable bonds is 21. The first kappa shape index (κ1) is 35.3. The molecular weight excluding hydrogens is 605 g/mol. The SMILES string of the molecule is O=C(O)COC(C(=O)O)C(OCCCCCCCc1ccc(Cl)c(Cl)c1)C(=O)NCCCCCc1ccc2ccccc2c1. The van der Waals surface area contributed by atoms with Crippen LogP contribution in [0.25, 0.3) is 10.8 Å². The van der Waals surface area contributed by atoms with Crippen LogP contribution in [0.2, 0.25) is 10.0 Å². The number of ether oxygens (including phenoxy) is 2. The Kier molecular flexibility index (Phi) is 15.5. The van der Waals surface area contributed by atoms with Crippen molar-refractivity contribution in [2.45, 2.75) is 76.4 Å². The molecule has 0 radical (unpaired) electrons. The van der Waals surface area contributed by atoms with Gasteiger partial charge in [-0.1, -0.05) is 97.4 Å². The third kappa shape index (κ3) is 12.4. The molecule has 3 N–H and O–H groups in total. The van der Waals surface area contributed by atoms with Crippen LogP contribution in [-0.2, 0) is 36.7 Å². The summed E-state index contributed by atoms with van der Waals surface area (Å²) >= 11 is 12.0. The number of carboxylic acid groups (broad SMARTS) is 2. The van der Waals surface area contributed by atoms with Crippen molar-refractivity contribution in [2.75, 3.05) is 19.8 Å². The lowest BCUT2D eigenvalue weighted by Gasteiger charge is -2.23. The van der Waals surface area contributed by atoms with Gasteiger partial charge in [0.2, 0.25) is 0 Å². The molecule has 2 unspecified atom stereocenters. The summed E-state index contributed by atoms with van der Waals surface area (Å²) in [5.41, 5.74) is 2.38. The zero-order chi connectivity index (χ0) is 31.7. The molecule has 0 fully saturated rings. The topological polar surface area (TPSA) is 122 Å². The van der Waals surface area contributed by atoms with E-state index in [1.807, 2.05) is 24.3 Å². The molecule has 238 valence electrons. The molecule has 44 heavy (non-hydrogen) atoms. The van der Waals surface area contributed by atoms with E-state index in [2.05, 4.69) is 35.6 Å². The smallest absolute Gasteiger partial charge is 0.336 e. The summed E-state index contributed by atoms with van der Waals surface area (Å²) in [5, 5.41) is 24.9. The van der Waals surface area contributed by atoms with Gasteiger partial charge in [0.15, 0.2) is 12.2 Å². The summed E-state index contributed by atoms with van der Waals surface area (Å²) in [7, 11) is 0. The molecule has 0 saturated carbocycles. The number of nitrogens with one attached hydrogen (secondary N) is 1. The monoisotopic (exact) mass is 645 g/mol. The van der Waals surface area contributed by atoms with Gasteiger partial charge in [0.05, 0.1) is 10.0 Å². The number of aliphatic carboxylic acids is 2. The Labute approximate surface area is 268 Å². The highest BCUT2D eigenvalue weighted by atomic mass is 35.5. The van der Waals surface area contributed by atoms with Gasteiger partial charge < -0.3 is 25.0 Å². The summed E-state index contributed by atoms with van der Waals surface area (Å²) in [5.74, 6) is -3.41. The van der Waals surface area contributed by atoms with Crippen molar-refractivity contribution in [3.63, 3.8) is 0 Å². The fourth-order valence-electron chi connectivity index (χ4n) is 4.95. The molecule has 3 aromatic rings. The molecule has 0 aliphatic heterocycles. The second-order valence-corrected chi connectivity index (χ2v) is 11.6. The van der Waals surface area contributed by atoms with Gasteiger partial charge in [0, 0.05) is 13.2 Å². The molecular formula is C34H41Cl2NO7. The van der Waals surface area contributed by atoms with Crippen LogP contribution in [0.5, 0.6) is 0 Å². The number of halogens is 2. The lowest BCUT2D eigenvalue weighted by molar-refractivity contribution is -0.172.